The number of para-hydroxylation sites is 2. The van der Waals surface area contributed by atoms with E-state index in [0.29, 0.717) is 25.5 Å². The van der Waals surface area contributed by atoms with Gasteiger partial charge in [-0.3, -0.25) is 4.79 Å². The Morgan fingerprint density at radius 3 is 2.25 bits per heavy atom. The highest BCUT2D eigenvalue weighted by Crippen LogP contribution is 2.24. The second-order valence-electron chi connectivity index (χ2n) is 10.4. The molecule has 0 fully saturated rings. The number of carbonyl (C=O) groups is 1. The maximum atomic E-state index is 13.0. The SMILES string of the molecule is CCC(C)c1ccc(OCCn2c(C(C)NC(=O)Cc3ccc(-c4ccccc4)cc3)nc3ccccc32)cc1. The molecule has 5 aromatic rings. The number of fused-ring (bicyclic) bond motifs is 1. The fourth-order valence-electron chi connectivity index (χ4n) is 5.03. The van der Waals surface area contributed by atoms with E-state index in [2.05, 4.69) is 66.2 Å². The number of carbonyl (C=O) groups excluding carboxylic acids is 1. The molecule has 0 bridgehead atoms. The van der Waals surface area contributed by atoms with Crippen LogP contribution < -0.4 is 10.1 Å². The van der Waals surface area contributed by atoms with Gasteiger partial charge in [0.1, 0.15) is 18.2 Å². The first kappa shape index (κ1) is 27.2. The van der Waals surface area contributed by atoms with Gasteiger partial charge in [-0.1, -0.05) is 92.7 Å². The second kappa shape index (κ2) is 12.6. The Bertz CT molecular complexity index is 1540. The van der Waals surface area contributed by atoms with Crippen molar-refractivity contribution in [1.82, 2.24) is 14.9 Å². The largest absolute Gasteiger partial charge is 0.492 e. The molecule has 1 aromatic heterocycles. The first-order chi connectivity index (χ1) is 19.5. The van der Waals surface area contributed by atoms with Crippen LogP contribution in [0, 0.1) is 0 Å². The lowest BCUT2D eigenvalue weighted by Gasteiger charge is -2.17. The molecule has 1 heterocycles. The predicted molar refractivity (Wildman–Crippen MR) is 163 cm³/mol. The smallest absolute Gasteiger partial charge is 0.224 e. The van der Waals surface area contributed by atoms with Crippen LogP contribution in [0.25, 0.3) is 22.2 Å². The number of hydrogen-bond acceptors (Lipinski definition) is 3. The van der Waals surface area contributed by atoms with E-state index in [1.165, 1.54) is 5.56 Å². The van der Waals surface area contributed by atoms with Gasteiger partial charge in [-0.2, -0.15) is 0 Å². The van der Waals surface area contributed by atoms with Crippen LogP contribution in [0.1, 0.15) is 56.1 Å². The number of aromatic nitrogens is 2. The number of benzene rings is 4. The number of ether oxygens (including phenoxy) is 1. The number of hydrogen-bond donors (Lipinski definition) is 1. The standard InChI is InChI=1S/C35H37N3O2/c1-4-25(2)28-18-20-31(21-19-28)40-23-22-38-33-13-9-8-12-32(33)37-35(38)26(3)36-34(39)24-27-14-16-30(17-15-27)29-10-6-5-7-11-29/h5-21,25-26H,4,22-24H2,1-3H3,(H,36,39). The quantitative estimate of drug-likeness (QED) is 0.190. The van der Waals surface area contributed by atoms with Gasteiger partial charge in [0, 0.05) is 0 Å². The van der Waals surface area contributed by atoms with E-state index >= 15 is 0 Å². The molecule has 0 saturated heterocycles. The zero-order valence-corrected chi connectivity index (χ0v) is 23.5. The number of nitrogens with zero attached hydrogens (tertiary/aromatic N) is 2. The van der Waals surface area contributed by atoms with E-state index in [9.17, 15) is 4.79 Å². The molecule has 0 aliphatic carbocycles. The van der Waals surface area contributed by atoms with Crippen molar-refractivity contribution < 1.29 is 9.53 Å². The Labute approximate surface area is 236 Å². The van der Waals surface area contributed by atoms with Gasteiger partial charge in [-0.15, -0.1) is 0 Å². The first-order valence-corrected chi connectivity index (χ1v) is 14.1. The van der Waals surface area contributed by atoms with Crippen LogP contribution in [0.5, 0.6) is 5.75 Å². The summed E-state index contributed by atoms with van der Waals surface area (Å²) in [4.78, 5) is 17.9. The zero-order chi connectivity index (χ0) is 27.9. The van der Waals surface area contributed by atoms with E-state index in [4.69, 9.17) is 9.72 Å². The van der Waals surface area contributed by atoms with Gasteiger partial charge in [0.15, 0.2) is 0 Å². The van der Waals surface area contributed by atoms with Crippen LogP contribution in [0.3, 0.4) is 0 Å². The van der Waals surface area contributed by atoms with Crippen molar-refractivity contribution in [2.75, 3.05) is 6.61 Å². The number of rotatable bonds is 11. The van der Waals surface area contributed by atoms with Crippen LogP contribution in [-0.4, -0.2) is 22.1 Å². The minimum Gasteiger partial charge on any atom is -0.492 e. The van der Waals surface area contributed by atoms with E-state index < -0.39 is 0 Å². The lowest BCUT2D eigenvalue weighted by molar-refractivity contribution is -0.121. The molecule has 5 rings (SSSR count). The molecule has 5 nitrogen and oxygen atoms in total. The van der Waals surface area contributed by atoms with Crippen molar-refractivity contribution in [2.45, 2.75) is 52.1 Å². The highest BCUT2D eigenvalue weighted by molar-refractivity contribution is 5.80. The maximum absolute atomic E-state index is 13.0. The summed E-state index contributed by atoms with van der Waals surface area (Å²) in [6.45, 7) is 7.56. The van der Waals surface area contributed by atoms with E-state index in [1.54, 1.807) is 0 Å². The van der Waals surface area contributed by atoms with Crippen LogP contribution in [-0.2, 0) is 17.8 Å². The predicted octanol–water partition coefficient (Wildman–Crippen LogP) is 7.72. The molecule has 0 saturated carbocycles. The second-order valence-corrected chi connectivity index (χ2v) is 10.4. The van der Waals surface area contributed by atoms with Gasteiger partial charge >= 0.3 is 0 Å². The summed E-state index contributed by atoms with van der Waals surface area (Å²) in [6, 6.07) is 34.6. The normalized spacial score (nSPS) is 12.7. The minimum atomic E-state index is -0.252. The molecule has 1 N–H and O–H groups in total. The Balaban J connectivity index is 1.23. The minimum absolute atomic E-state index is 0.0313. The summed E-state index contributed by atoms with van der Waals surface area (Å²) in [5.74, 6) is 2.19. The third-order valence-electron chi connectivity index (χ3n) is 7.52. The van der Waals surface area contributed by atoms with E-state index in [1.807, 2.05) is 67.6 Å². The molecule has 1 amide bonds. The fourth-order valence-corrected chi connectivity index (χ4v) is 5.03. The maximum Gasteiger partial charge on any atom is 0.224 e. The molecule has 4 aromatic carbocycles. The Morgan fingerprint density at radius 2 is 1.52 bits per heavy atom. The third kappa shape index (κ3) is 6.42. The Kier molecular flexibility index (Phi) is 8.60. The fraction of sp³-hybridized carbons (Fsp3) is 0.257. The molecule has 5 heteroatoms. The highest BCUT2D eigenvalue weighted by atomic mass is 16.5. The lowest BCUT2D eigenvalue weighted by atomic mass is 9.99. The van der Waals surface area contributed by atoms with Crippen molar-refractivity contribution in [3.63, 3.8) is 0 Å². The van der Waals surface area contributed by atoms with E-state index in [0.717, 1.165) is 45.7 Å². The van der Waals surface area contributed by atoms with Gasteiger partial charge in [0.05, 0.1) is 30.0 Å². The first-order valence-electron chi connectivity index (χ1n) is 14.1. The van der Waals surface area contributed by atoms with Gasteiger partial charge in [-0.25, -0.2) is 4.98 Å². The summed E-state index contributed by atoms with van der Waals surface area (Å²) in [7, 11) is 0. The molecule has 2 unspecified atom stereocenters. The van der Waals surface area contributed by atoms with Crippen molar-refractivity contribution in [2.24, 2.45) is 0 Å². The summed E-state index contributed by atoms with van der Waals surface area (Å²) < 4.78 is 8.25. The number of amides is 1. The molecule has 0 radical (unpaired) electrons. The van der Waals surface area contributed by atoms with Crippen LogP contribution in [0.4, 0.5) is 0 Å². The van der Waals surface area contributed by atoms with Gasteiger partial charge in [-0.05, 0) is 65.8 Å². The molecule has 0 aliphatic heterocycles. The number of nitrogens with one attached hydrogen (secondary N) is 1. The van der Waals surface area contributed by atoms with Gasteiger partial charge in [0.2, 0.25) is 5.91 Å². The van der Waals surface area contributed by atoms with Gasteiger partial charge < -0.3 is 14.6 Å². The molecule has 204 valence electrons. The lowest BCUT2D eigenvalue weighted by Crippen LogP contribution is -2.30. The van der Waals surface area contributed by atoms with Crippen molar-refractivity contribution in [1.29, 1.82) is 0 Å². The molecule has 2 atom stereocenters. The number of imidazole rings is 1. The van der Waals surface area contributed by atoms with Crippen LogP contribution in [0.2, 0.25) is 0 Å². The summed E-state index contributed by atoms with van der Waals surface area (Å²) in [5, 5.41) is 3.16. The average molecular weight is 532 g/mol. The monoisotopic (exact) mass is 531 g/mol. The van der Waals surface area contributed by atoms with Crippen LogP contribution in [0.15, 0.2) is 103 Å². The highest BCUT2D eigenvalue weighted by Gasteiger charge is 2.19. The van der Waals surface area contributed by atoms with Gasteiger partial charge in [0.25, 0.3) is 0 Å². The topological polar surface area (TPSA) is 56.1 Å². The van der Waals surface area contributed by atoms with E-state index in [-0.39, 0.29) is 11.9 Å². The summed E-state index contributed by atoms with van der Waals surface area (Å²) in [6.07, 6.45) is 1.43. The molecule has 0 spiro atoms. The Morgan fingerprint density at radius 1 is 0.850 bits per heavy atom. The molecular weight excluding hydrogens is 494 g/mol. The molecule has 40 heavy (non-hydrogen) atoms. The van der Waals surface area contributed by atoms with Crippen molar-refractivity contribution in [3.05, 3.63) is 120 Å². The van der Waals surface area contributed by atoms with Crippen molar-refractivity contribution in [3.8, 4) is 16.9 Å². The summed E-state index contributed by atoms with van der Waals surface area (Å²) in [5.41, 5.74) is 6.55. The van der Waals surface area contributed by atoms with Crippen LogP contribution >= 0.6 is 0 Å². The Hall–Kier alpha value is -4.38. The average Bonchev–Trinajstić information content (AvgIpc) is 3.36. The third-order valence-corrected chi connectivity index (χ3v) is 7.52. The van der Waals surface area contributed by atoms with Crippen molar-refractivity contribution >= 4 is 16.9 Å². The zero-order valence-electron chi connectivity index (χ0n) is 23.5. The molecular formula is C35H37N3O2. The summed E-state index contributed by atoms with van der Waals surface area (Å²) >= 11 is 0. The molecule has 0 aliphatic rings.